The van der Waals surface area contributed by atoms with Gasteiger partial charge in [-0.05, 0) is 39.8 Å². The average Bonchev–Trinajstić information content (AvgIpc) is 2.13. The molecule has 1 unspecified atom stereocenters. The van der Waals surface area contributed by atoms with E-state index in [9.17, 15) is 4.79 Å². The lowest BCUT2D eigenvalue weighted by Gasteiger charge is -2.23. The zero-order valence-corrected chi connectivity index (χ0v) is 10.0. The van der Waals surface area contributed by atoms with Crippen LogP contribution in [-0.4, -0.2) is 37.1 Å². The molecule has 0 saturated heterocycles. The van der Waals surface area contributed by atoms with Crippen LogP contribution in [0.5, 0.6) is 0 Å². The minimum Gasteiger partial charge on any atom is -0.465 e. The smallest absolute Gasteiger partial charge is 0.323 e. The van der Waals surface area contributed by atoms with Gasteiger partial charge in [0.15, 0.2) is 0 Å². The highest BCUT2D eigenvalue weighted by atomic mass is 16.5. The summed E-state index contributed by atoms with van der Waals surface area (Å²) in [7, 11) is 1.96. The van der Waals surface area contributed by atoms with Gasteiger partial charge in [0, 0.05) is 0 Å². The number of esters is 1. The fourth-order valence-corrected chi connectivity index (χ4v) is 1.10. The highest BCUT2D eigenvalue weighted by Gasteiger charge is 2.18. The van der Waals surface area contributed by atoms with Crippen molar-refractivity contribution in [2.45, 2.75) is 40.2 Å². The Morgan fingerprint density at radius 3 is 2.36 bits per heavy atom. The molecule has 0 aliphatic carbocycles. The molecule has 0 rings (SSSR count). The van der Waals surface area contributed by atoms with Crippen LogP contribution in [0.2, 0.25) is 0 Å². The van der Waals surface area contributed by atoms with Crippen LogP contribution >= 0.6 is 0 Å². The number of rotatable bonds is 6. The third-order valence-electron chi connectivity index (χ3n) is 2.35. The van der Waals surface area contributed by atoms with Gasteiger partial charge in [-0.15, -0.1) is 0 Å². The summed E-state index contributed by atoms with van der Waals surface area (Å²) in [6.45, 7) is 9.49. The summed E-state index contributed by atoms with van der Waals surface area (Å²) in [4.78, 5) is 13.4. The van der Waals surface area contributed by atoms with Crippen molar-refractivity contribution in [3.05, 3.63) is 0 Å². The Labute approximate surface area is 87.4 Å². The fraction of sp³-hybridized carbons (Fsp3) is 0.909. The van der Waals surface area contributed by atoms with Crippen molar-refractivity contribution in [2.75, 3.05) is 20.2 Å². The maximum atomic E-state index is 11.4. The van der Waals surface area contributed by atoms with Crippen LogP contribution in [0.1, 0.15) is 34.1 Å². The Kier molecular flexibility index (Phi) is 6.54. The summed E-state index contributed by atoms with van der Waals surface area (Å²) in [5.74, 6) is 0.547. The first-order chi connectivity index (χ1) is 6.49. The third kappa shape index (κ3) is 5.22. The van der Waals surface area contributed by atoms with Crippen LogP contribution in [0.4, 0.5) is 0 Å². The summed E-state index contributed by atoms with van der Waals surface area (Å²) in [6, 6.07) is -0.131. The molecule has 0 N–H and O–H groups in total. The summed E-state index contributed by atoms with van der Waals surface area (Å²) in [6.07, 6.45) is 1.11. The molecule has 14 heavy (non-hydrogen) atoms. The van der Waals surface area contributed by atoms with E-state index >= 15 is 0 Å². The Balaban J connectivity index is 3.85. The number of carbonyl (C=O) groups is 1. The molecule has 0 aliphatic heterocycles. The van der Waals surface area contributed by atoms with E-state index in [1.54, 1.807) is 0 Å². The van der Waals surface area contributed by atoms with Crippen molar-refractivity contribution in [3.8, 4) is 0 Å². The van der Waals surface area contributed by atoms with Crippen molar-refractivity contribution in [3.63, 3.8) is 0 Å². The first-order valence-electron chi connectivity index (χ1n) is 5.35. The van der Waals surface area contributed by atoms with E-state index < -0.39 is 0 Å². The summed E-state index contributed by atoms with van der Waals surface area (Å²) in [5, 5.41) is 0. The molecular weight excluding hydrogens is 178 g/mol. The molecule has 0 fully saturated rings. The molecule has 0 bridgehead atoms. The minimum atomic E-state index is -0.131. The molecule has 84 valence electrons. The van der Waals surface area contributed by atoms with Crippen molar-refractivity contribution in [1.29, 1.82) is 0 Å². The predicted octanol–water partition coefficient (Wildman–Crippen LogP) is 1.92. The van der Waals surface area contributed by atoms with Crippen LogP contribution < -0.4 is 0 Å². The first kappa shape index (κ1) is 13.4. The Morgan fingerprint density at radius 1 is 1.36 bits per heavy atom. The molecular formula is C11H23NO2. The zero-order chi connectivity index (χ0) is 11.1. The third-order valence-corrected chi connectivity index (χ3v) is 2.35. The Bertz CT molecular complexity index is 169. The molecule has 3 nitrogen and oxygen atoms in total. The second-order valence-corrected chi connectivity index (χ2v) is 4.09. The first-order valence-corrected chi connectivity index (χ1v) is 5.35. The number of hydrogen-bond donors (Lipinski definition) is 0. The van der Waals surface area contributed by atoms with Gasteiger partial charge < -0.3 is 4.74 Å². The molecule has 0 aliphatic rings. The van der Waals surface area contributed by atoms with Gasteiger partial charge in [-0.1, -0.05) is 13.8 Å². The maximum Gasteiger partial charge on any atom is 0.323 e. The topological polar surface area (TPSA) is 29.5 Å². The largest absolute Gasteiger partial charge is 0.465 e. The molecule has 0 aromatic carbocycles. The second-order valence-electron chi connectivity index (χ2n) is 4.09. The SMILES string of the molecule is CCOC(=O)C(C)N(C)CCC(C)C. The zero-order valence-electron chi connectivity index (χ0n) is 10.0. The molecule has 0 aromatic heterocycles. The molecule has 1 atom stereocenters. The van der Waals surface area contributed by atoms with E-state index in [-0.39, 0.29) is 12.0 Å². The summed E-state index contributed by atoms with van der Waals surface area (Å²) >= 11 is 0. The number of nitrogens with zero attached hydrogens (tertiary/aromatic N) is 1. The van der Waals surface area contributed by atoms with Crippen LogP contribution in [0.15, 0.2) is 0 Å². The van der Waals surface area contributed by atoms with E-state index in [0.717, 1.165) is 13.0 Å². The quantitative estimate of drug-likeness (QED) is 0.615. The Morgan fingerprint density at radius 2 is 1.93 bits per heavy atom. The van der Waals surface area contributed by atoms with Crippen LogP contribution in [0, 0.1) is 5.92 Å². The predicted molar refractivity (Wildman–Crippen MR) is 58.2 cm³/mol. The van der Waals surface area contributed by atoms with Crippen LogP contribution in [-0.2, 0) is 9.53 Å². The lowest BCUT2D eigenvalue weighted by atomic mass is 10.1. The summed E-state index contributed by atoms with van der Waals surface area (Å²) in [5.41, 5.74) is 0. The van der Waals surface area contributed by atoms with Gasteiger partial charge >= 0.3 is 5.97 Å². The van der Waals surface area contributed by atoms with E-state index in [4.69, 9.17) is 4.74 Å². The van der Waals surface area contributed by atoms with Crippen LogP contribution in [0.25, 0.3) is 0 Å². The van der Waals surface area contributed by atoms with Crippen molar-refractivity contribution in [2.24, 2.45) is 5.92 Å². The Hall–Kier alpha value is -0.570. The summed E-state index contributed by atoms with van der Waals surface area (Å²) < 4.78 is 4.95. The van der Waals surface area contributed by atoms with E-state index in [1.807, 2.05) is 25.8 Å². The monoisotopic (exact) mass is 201 g/mol. The molecule has 3 heteroatoms. The van der Waals surface area contributed by atoms with Gasteiger partial charge in [-0.2, -0.15) is 0 Å². The molecule has 0 radical (unpaired) electrons. The van der Waals surface area contributed by atoms with Gasteiger partial charge in [0.1, 0.15) is 6.04 Å². The van der Waals surface area contributed by atoms with Gasteiger partial charge in [-0.3, -0.25) is 9.69 Å². The van der Waals surface area contributed by atoms with Gasteiger partial charge in [0.05, 0.1) is 6.61 Å². The fourth-order valence-electron chi connectivity index (χ4n) is 1.10. The molecule has 0 amide bonds. The number of ether oxygens (including phenoxy) is 1. The van der Waals surface area contributed by atoms with Crippen molar-refractivity contribution in [1.82, 2.24) is 4.90 Å². The molecule has 0 spiro atoms. The number of likely N-dealkylation sites (N-methyl/N-ethyl adjacent to an activating group) is 1. The normalized spacial score (nSPS) is 13.4. The standard InChI is InChI=1S/C11H23NO2/c1-6-14-11(13)10(4)12(5)8-7-9(2)3/h9-10H,6-8H2,1-5H3. The molecule has 0 saturated carbocycles. The van der Waals surface area contributed by atoms with Crippen molar-refractivity contribution < 1.29 is 9.53 Å². The molecule has 0 aromatic rings. The highest BCUT2D eigenvalue weighted by Crippen LogP contribution is 2.04. The van der Waals surface area contributed by atoms with Crippen LogP contribution in [0.3, 0.4) is 0 Å². The lowest BCUT2D eigenvalue weighted by Crippen LogP contribution is -2.38. The maximum absolute atomic E-state index is 11.4. The average molecular weight is 201 g/mol. The minimum absolute atomic E-state index is 0.126. The van der Waals surface area contributed by atoms with Crippen molar-refractivity contribution >= 4 is 5.97 Å². The number of carbonyl (C=O) groups excluding carboxylic acids is 1. The second kappa shape index (κ2) is 6.82. The van der Waals surface area contributed by atoms with Gasteiger partial charge in [0.2, 0.25) is 0 Å². The lowest BCUT2D eigenvalue weighted by molar-refractivity contribution is -0.148. The van der Waals surface area contributed by atoms with Gasteiger partial charge in [0.25, 0.3) is 0 Å². The molecule has 0 heterocycles. The van der Waals surface area contributed by atoms with Gasteiger partial charge in [-0.25, -0.2) is 0 Å². The van der Waals surface area contributed by atoms with E-state index in [2.05, 4.69) is 13.8 Å². The highest BCUT2D eigenvalue weighted by molar-refractivity contribution is 5.75. The van der Waals surface area contributed by atoms with E-state index in [1.165, 1.54) is 0 Å². The number of hydrogen-bond acceptors (Lipinski definition) is 3. The van der Waals surface area contributed by atoms with E-state index in [0.29, 0.717) is 12.5 Å².